The Morgan fingerprint density at radius 3 is 2.71 bits per heavy atom. The average molecular weight is 321 g/mol. The molecule has 1 saturated heterocycles. The lowest BCUT2D eigenvalue weighted by molar-refractivity contribution is -0.137. The van der Waals surface area contributed by atoms with Gasteiger partial charge < -0.3 is 10.6 Å². The second kappa shape index (κ2) is 6.66. The molecule has 1 heterocycles. The van der Waals surface area contributed by atoms with Crippen LogP contribution in [0.2, 0.25) is 5.02 Å². The van der Waals surface area contributed by atoms with Crippen LogP contribution < -0.4 is 10.6 Å². The standard InChI is InChI=1S/C14H16ClF3N2O/c15-10-6-9(14(16,17)18)7-11(8-10)20-13(21)12-4-2-1-3-5-19-12/h6-8,12,19H,1-5H2,(H,20,21). The number of benzene rings is 1. The van der Waals surface area contributed by atoms with Gasteiger partial charge in [-0.25, -0.2) is 0 Å². The van der Waals surface area contributed by atoms with Crippen molar-refractivity contribution in [2.45, 2.75) is 37.9 Å². The molecule has 3 nitrogen and oxygen atoms in total. The summed E-state index contributed by atoms with van der Waals surface area (Å²) < 4.78 is 38.1. The molecule has 0 spiro atoms. The van der Waals surface area contributed by atoms with Crippen molar-refractivity contribution in [2.75, 3.05) is 11.9 Å². The van der Waals surface area contributed by atoms with E-state index in [0.717, 1.165) is 37.9 Å². The normalized spacial score (nSPS) is 19.9. The first kappa shape index (κ1) is 16.1. The van der Waals surface area contributed by atoms with E-state index in [1.165, 1.54) is 6.07 Å². The van der Waals surface area contributed by atoms with Crippen molar-refractivity contribution in [3.8, 4) is 0 Å². The summed E-state index contributed by atoms with van der Waals surface area (Å²) in [6.45, 7) is 0.738. The van der Waals surface area contributed by atoms with Crippen LogP contribution in [0.15, 0.2) is 18.2 Å². The molecule has 1 aromatic rings. The number of anilines is 1. The fourth-order valence-corrected chi connectivity index (χ4v) is 2.54. The van der Waals surface area contributed by atoms with E-state index < -0.39 is 11.7 Å². The van der Waals surface area contributed by atoms with Gasteiger partial charge >= 0.3 is 6.18 Å². The Hall–Kier alpha value is -1.27. The van der Waals surface area contributed by atoms with Crippen LogP contribution in [0.1, 0.15) is 31.2 Å². The van der Waals surface area contributed by atoms with Crippen LogP contribution in [0.4, 0.5) is 18.9 Å². The van der Waals surface area contributed by atoms with Gasteiger partial charge in [-0.3, -0.25) is 4.79 Å². The Balaban J connectivity index is 2.11. The molecule has 1 aliphatic rings. The maximum Gasteiger partial charge on any atom is 0.416 e. The van der Waals surface area contributed by atoms with Gasteiger partial charge in [-0.1, -0.05) is 24.4 Å². The number of nitrogens with one attached hydrogen (secondary N) is 2. The lowest BCUT2D eigenvalue weighted by atomic mass is 10.1. The number of carbonyl (C=O) groups is 1. The molecule has 0 radical (unpaired) electrons. The number of hydrogen-bond acceptors (Lipinski definition) is 2. The summed E-state index contributed by atoms with van der Waals surface area (Å²) in [6.07, 6.45) is -0.844. The number of alkyl halides is 3. The number of halogens is 4. The minimum absolute atomic E-state index is 0.0610. The summed E-state index contributed by atoms with van der Waals surface area (Å²) in [7, 11) is 0. The molecule has 1 aliphatic heterocycles. The minimum atomic E-state index is -4.50. The summed E-state index contributed by atoms with van der Waals surface area (Å²) in [5.41, 5.74) is -0.815. The van der Waals surface area contributed by atoms with E-state index in [9.17, 15) is 18.0 Å². The molecule has 1 unspecified atom stereocenters. The van der Waals surface area contributed by atoms with E-state index in [1.807, 2.05) is 0 Å². The lowest BCUT2D eigenvalue weighted by Crippen LogP contribution is -2.39. The smallest absolute Gasteiger partial charge is 0.325 e. The zero-order valence-corrected chi connectivity index (χ0v) is 12.0. The second-order valence-electron chi connectivity index (χ2n) is 5.07. The minimum Gasteiger partial charge on any atom is -0.325 e. The fraction of sp³-hybridized carbons (Fsp3) is 0.500. The summed E-state index contributed by atoms with van der Waals surface area (Å²) >= 11 is 5.68. The quantitative estimate of drug-likeness (QED) is 0.869. The summed E-state index contributed by atoms with van der Waals surface area (Å²) in [4.78, 5) is 12.1. The van der Waals surface area contributed by atoms with E-state index in [4.69, 9.17) is 11.6 Å². The van der Waals surface area contributed by atoms with Crippen LogP contribution in [0.5, 0.6) is 0 Å². The first-order valence-corrected chi connectivity index (χ1v) is 7.16. The highest BCUT2D eigenvalue weighted by molar-refractivity contribution is 6.31. The first-order valence-electron chi connectivity index (χ1n) is 6.78. The van der Waals surface area contributed by atoms with Crippen LogP contribution in [-0.2, 0) is 11.0 Å². The monoisotopic (exact) mass is 320 g/mol. The zero-order valence-electron chi connectivity index (χ0n) is 11.3. The number of hydrogen-bond donors (Lipinski definition) is 2. The van der Waals surface area contributed by atoms with Gasteiger partial charge in [0.05, 0.1) is 11.6 Å². The van der Waals surface area contributed by atoms with Crippen molar-refractivity contribution in [3.05, 3.63) is 28.8 Å². The molecule has 2 N–H and O–H groups in total. The van der Waals surface area contributed by atoms with Crippen LogP contribution in [0.25, 0.3) is 0 Å². The van der Waals surface area contributed by atoms with Crippen LogP contribution in [-0.4, -0.2) is 18.5 Å². The predicted octanol–water partition coefficient (Wildman–Crippen LogP) is 3.83. The third-order valence-corrected chi connectivity index (χ3v) is 3.59. The summed E-state index contributed by atoms with van der Waals surface area (Å²) in [5.74, 6) is -0.327. The SMILES string of the molecule is O=C(Nc1cc(Cl)cc(C(F)(F)F)c1)C1CCCCCN1. The van der Waals surface area contributed by atoms with Crippen molar-refractivity contribution in [2.24, 2.45) is 0 Å². The molecule has 21 heavy (non-hydrogen) atoms. The molecule has 1 amide bonds. The van der Waals surface area contributed by atoms with Crippen molar-refractivity contribution in [1.29, 1.82) is 0 Å². The van der Waals surface area contributed by atoms with E-state index in [-0.39, 0.29) is 22.7 Å². The Morgan fingerprint density at radius 2 is 2.00 bits per heavy atom. The van der Waals surface area contributed by atoms with Gasteiger partial charge in [0.25, 0.3) is 0 Å². The van der Waals surface area contributed by atoms with Crippen molar-refractivity contribution < 1.29 is 18.0 Å². The van der Waals surface area contributed by atoms with Gasteiger partial charge in [0.15, 0.2) is 0 Å². The molecule has 1 aromatic carbocycles. The molecule has 7 heteroatoms. The number of rotatable bonds is 2. The van der Waals surface area contributed by atoms with E-state index in [0.29, 0.717) is 6.42 Å². The Kier molecular flexibility index (Phi) is 5.11. The van der Waals surface area contributed by atoms with Crippen LogP contribution in [0.3, 0.4) is 0 Å². The Morgan fingerprint density at radius 1 is 1.24 bits per heavy atom. The summed E-state index contributed by atoms with van der Waals surface area (Å²) in [6, 6.07) is 2.66. The third-order valence-electron chi connectivity index (χ3n) is 3.37. The lowest BCUT2D eigenvalue weighted by Gasteiger charge is -2.16. The van der Waals surface area contributed by atoms with Gasteiger partial charge in [0, 0.05) is 10.7 Å². The highest BCUT2D eigenvalue weighted by Gasteiger charge is 2.31. The molecule has 1 atom stereocenters. The van der Waals surface area contributed by atoms with Gasteiger partial charge in [-0.05, 0) is 37.6 Å². The molecule has 0 aromatic heterocycles. The van der Waals surface area contributed by atoms with Gasteiger partial charge in [-0.15, -0.1) is 0 Å². The second-order valence-corrected chi connectivity index (χ2v) is 5.51. The zero-order chi connectivity index (χ0) is 15.5. The number of carbonyl (C=O) groups excluding carboxylic acids is 1. The van der Waals surface area contributed by atoms with Crippen molar-refractivity contribution >= 4 is 23.2 Å². The third kappa shape index (κ3) is 4.61. The van der Waals surface area contributed by atoms with E-state index in [2.05, 4.69) is 10.6 Å². The van der Waals surface area contributed by atoms with Crippen LogP contribution in [0, 0.1) is 0 Å². The molecule has 116 valence electrons. The van der Waals surface area contributed by atoms with Crippen LogP contribution >= 0.6 is 11.6 Å². The molecule has 0 aliphatic carbocycles. The molecule has 0 bridgehead atoms. The van der Waals surface area contributed by atoms with Gasteiger partial charge in [0.1, 0.15) is 0 Å². The highest BCUT2D eigenvalue weighted by atomic mass is 35.5. The Bertz CT molecular complexity index is 511. The molecule has 1 fully saturated rings. The van der Waals surface area contributed by atoms with Crippen molar-refractivity contribution in [3.63, 3.8) is 0 Å². The maximum absolute atomic E-state index is 12.7. The first-order chi connectivity index (χ1) is 9.86. The molecular weight excluding hydrogens is 305 g/mol. The Labute approximate surface area is 125 Å². The van der Waals surface area contributed by atoms with Crippen molar-refractivity contribution in [1.82, 2.24) is 5.32 Å². The maximum atomic E-state index is 12.7. The largest absolute Gasteiger partial charge is 0.416 e. The molecule has 0 saturated carbocycles. The molecular formula is C14H16ClF3N2O. The van der Waals surface area contributed by atoms with E-state index >= 15 is 0 Å². The number of amides is 1. The topological polar surface area (TPSA) is 41.1 Å². The fourth-order valence-electron chi connectivity index (χ4n) is 2.31. The van der Waals surface area contributed by atoms with Gasteiger partial charge in [-0.2, -0.15) is 13.2 Å². The highest BCUT2D eigenvalue weighted by Crippen LogP contribution is 2.33. The van der Waals surface area contributed by atoms with E-state index in [1.54, 1.807) is 0 Å². The van der Waals surface area contributed by atoms with Gasteiger partial charge in [0.2, 0.25) is 5.91 Å². The average Bonchev–Trinajstić information content (AvgIpc) is 2.65. The predicted molar refractivity (Wildman–Crippen MR) is 75.3 cm³/mol. The molecule has 2 rings (SSSR count). The summed E-state index contributed by atoms with van der Waals surface area (Å²) in [5, 5.41) is 5.54.